The van der Waals surface area contributed by atoms with Gasteiger partial charge in [-0.3, -0.25) is 0 Å². The number of hydrogen-bond donors (Lipinski definition) is 0. The van der Waals surface area contributed by atoms with Gasteiger partial charge in [0.05, 0.1) is 14.2 Å². The predicted octanol–water partition coefficient (Wildman–Crippen LogP) is 4.71. The van der Waals surface area contributed by atoms with Crippen molar-refractivity contribution in [2.45, 2.75) is 13.3 Å². The van der Waals surface area contributed by atoms with E-state index in [4.69, 9.17) is 21.1 Å². The monoisotopic (exact) mass is 354 g/mol. The molecule has 128 valence electrons. The lowest BCUT2D eigenvalue weighted by atomic mass is 10.0. The summed E-state index contributed by atoms with van der Waals surface area (Å²) >= 11 is 6.12. The number of pyridine rings is 2. The molecule has 2 aromatic heterocycles. The van der Waals surface area contributed by atoms with E-state index in [0.29, 0.717) is 16.8 Å². The molecule has 3 aromatic rings. The van der Waals surface area contributed by atoms with E-state index in [1.807, 2.05) is 43.6 Å². The van der Waals surface area contributed by atoms with Crippen LogP contribution in [-0.2, 0) is 6.42 Å². The lowest BCUT2D eigenvalue weighted by molar-refractivity contribution is 0.394. The quantitative estimate of drug-likeness (QED) is 0.665. The fourth-order valence-electron chi connectivity index (χ4n) is 2.78. The van der Waals surface area contributed by atoms with Crippen LogP contribution in [0.1, 0.15) is 16.7 Å². The van der Waals surface area contributed by atoms with Gasteiger partial charge in [0.25, 0.3) is 0 Å². The summed E-state index contributed by atoms with van der Waals surface area (Å²) in [7, 11) is 3.24. The molecule has 0 aliphatic heterocycles. The van der Waals surface area contributed by atoms with E-state index in [-0.39, 0.29) is 0 Å². The number of rotatable bonds is 5. The lowest BCUT2D eigenvalue weighted by Gasteiger charge is -2.11. The topological polar surface area (TPSA) is 44.2 Å². The first-order valence-electron chi connectivity index (χ1n) is 7.89. The summed E-state index contributed by atoms with van der Waals surface area (Å²) in [6, 6.07) is 11.8. The summed E-state index contributed by atoms with van der Waals surface area (Å²) in [5.41, 5.74) is 5.07. The van der Waals surface area contributed by atoms with E-state index in [0.717, 1.165) is 34.2 Å². The van der Waals surface area contributed by atoms with Gasteiger partial charge in [0, 0.05) is 35.0 Å². The van der Waals surface area contributed by atoms with Crippen LogP contribution in [-0.4, -0.2) is 24.2 Å². The zero-order valence-electron chi connectivity index (χ0n) is 14.4. The second kappa shape index (κ2) is 7.53. The SMILES string of the molecule is COc1ncc(Cc2cnc(OC)c(-c3cccc(Cl)c3)c2)cc1C. The minimum atomic E-state index is 0.579. The lowest BCUT2D eigenvalue weighted by Crippen LogP contribution is -1.98. The van der Waals surface area contributed by atoms with Gasteiger partial charge in [0.15, 0.2) is 0 Å². The smallest absolute Gasteiger partial charge is 0.221 e. The van der Waals surface area contributed by atoms with Crippen LogP contribution < -0.4 is 9.47 Å². The van der Waals surface area contributed by atoms with Crippen LogP contribution in [0.15, 0.2) is 48.8 Å². The van der Waals surface area contributed by atoms with E-state index in [1.54, 1.807) is 14.2 Å². The molecule has 0 radical (unpaired) electrons. The van der Waals surface area contributed by atoms with Crippen molar-refractivity contribution in [3.63, 3.8) is 0 Å². The molecule has 1 aromatic carbocycles. The first kappa shape index (κ1) is 17.2. The Bertz CT molecular complexity index is 897. The first-order valence-corrected chi connectivity index (χ1v) is 8.27. The molecule has 3 rings (SSSR count). The van der Waals surface area contributed by atoms with Gasteiger partial charge in [-0.05, 0) is 47.9 Å². The Hall–Kier alpha value is -2.59. The molecule has 0 aliphatic carbocycles. The highest BCUT2D eigenvalue weighted by molar-refractivity contribution is 6.30. The van der Waals surface area contributed by atoms with Gasteiger partial charge in [0.2, 0.25) is 11.8 Å². The number of aryl methyl sites for hydroxylation is 1. The molecule has 0 spiro atoms. The van der Waals surface area contributed by atoms with Crippen molar-refractivity contribution in [3.05, 3.63) is 70.5 Å². The molecule has 5 heteroatoms. The van der Waals surface area contributed by atoms with Crippen LogP contribution in [0.2, 0.25) is 5.02 Å². The number of halogens is 1. The van der Waals surface area contributed by atoms with E-state index in [2.05, 4.69) is 22.1 Å². The molecule has 0 N–H and O–H groups in total. The summed E-state index contributed by atoms with van der Waals surface area (Å²) in [6.07, 6.45) is 4.38. The number of aromatic nitrogens is 2. The Labute approximate surface area is 152 Å². The summed E-state index contributed by atoms with van der Waals surface area (Å²) in [6.45, 7) is 1.99. The highest BCUT2D eigenvalue weighted by Crippen LogP contribution is 2.31. The molecule has 25 heavy (non-hydrogen) atoms. The number of benzene rings is 1. The Morgan fingerprint density at radius 1 is 0.920 bits per heavy atom. The molecule has 0 unspecified atom stereocenters. The fraction of sp³-hybridized carbons (Fsp3) is 0.200. The maximum Gasteiger partial charge on any atom is 0.221 e. The average Bonchev–Trinajstić information content (AvgIpc) is 2.62. The minimum absolute atomic E-state index is 0.579. The van der Waals surface area contributed by atoms with Crippen LogP contribution in [0.3, 0.4) is 0 Å². The van der Waals surface area contributed by atoms with Crippen molar-refractivity contribution in [2.24, 2.45) is 0 Å². The second-order valence-electron chi connectivity index (χ2n) is 5.76. The second-order valence-corrected chi connectivity index (χ2v) is 6.19. The van der Waals surface area contributed by atoms with Crippen molar-refractivity contribution in [3.8, 4) is 22.9 Å². The summed E-state index contributed by atoms with van der Waals surface area (Å²) in [5, 5.41) is 0.680. The third kappa shape index (κ3) is 3.91. The van der Waals surface area contributed by atoms with E-state index in [1.165, 1.54) is 0 Å². The number of nitrogens with zero attached hydrogens (tertiary/aromatic N) is 2. The van der Waals surface area contributed by atoms with Gasteiger partial charge in [-0.15, -0.1) is 0 Å². The fourth-order valence-corrected chi connectivity index (χ4v) is 2.97. The number of methoxy groups -OCH3 is 2. The third-order valence-corrected chi connectivity index (χ3v) is 4.16. The van der Waals surface area contributed by atoms with Gasteiger partial charge in [-0.25, -0.2) is 9.97 Å². The Balaban J connectivity index is 1.95. The van der Waals surface area contributed by atoms with Crippen LogP contribution >= 0.6 is 11.6 Å². The van der Waals surface area contributed by atoms with Crippen molar-refractivity contribution >= 4 is 11.6 Å². The molecule has 0 fully saturated rings. The minimum Gasteiger partial charge on any atom is -0.481 e. The maximum atomic E-state index is 6.12. The molecule has 0 aliphatic rings. The van der Waals surface area contributed by atoms with Crippen molar-refractivity contribution in [2.75, 3.05) is 14.2 Å². The molecule has 0 amide bonds. The van der Waals surface area contributed by atoms with Crippen molar-refractivity contribution < 1.29 is 9.47 Å². The molecular formula is C20H19ClN2O2. The van der Waals surface area contributed by atoms with Crippen molar-refractivity contribution in [1.29, 1.82) is 0 Å². The normalized spacial score (nSPS) is 10.6. The molecule has 2 heterocycles. The zero-order chi connectivity index (χ0) is 17.8. The standard InChI is InChI=1S/C20H19ClN2O2/c1-13-7-14(11-22-19(13)24-2)8-15-9-18(20(25-3)23-12-15)16-5-4-6-17(21)10-16/h4-7,9-12H,8H2,1-3H3. The van der Waals surface area contributed by atoms with Gasteiger partial charge >= 0.3 is 0 Å². The van der Waals surface area contributed by atoms with E-state index >= 15 is 0 Å². The van der Waals surface area contributed by atoms with Gasteiger partial charge in [-0.1, -0.05) is 23.7 Å². The highest BCUT2D eigenvalue weighted by Gasteiger charge is 2.10. The van der Waals surface area contributed by atoms with Gasteiger partial charge in [-0.2, -0.15) is 0 Å². The molecule has 0 bridgehead atoms. The first-order chi connectivity index (χ1) is 12.1. The third-order valence-electron chi connectivity index (χ3n) is 3.93. The molecule has 0 saturated carbocycles. The number of hydrogen-bond acceptors (Lipinski definition) is 4. The van der Waals surface area contributed by atoms with Crippen LogP contribution in [0.25, 0.3) is 11.1 Å². The van der Waals surface area contributed by atoms with Crippen LogP contribution in [0.5, 0.6) is 11.8 Å². The Morgan fingerprint density at radius 2 is 1.60 bits per heavy atom. The maximum absolute atomic E-state index is 6.12. The molecule has 0 atom stereocenters. The Kier molecular flexibility index (Phi) is 5.19. The summed E-state index contributed by atoms with van der Waals surface area (Å²) in [4.78, 5) is 8.78. The highest BCUT2D eigenvalue weighted by atomic mass is 35.5. The van der Waals surface area contributed by atoms with Crippen LogP contribution in [0, 0.1) is 6.92 Å². The molecule has 0 saturated heterocycles. The average molecular weight is 355 g/mol. The predicted molar refractivity (Wildman–Crippen MR) is 99.6 cm³/mol. The van der Waals surface area contributed by atoms with E-state index in [9.17, 15) is 0 Å². The van der Waals surface area contributed by atoms with Crippen molar-refractivity contribution in [1.82, 2.24) is 9.97 Å². The zero-order valence-corrected chi connectivity index (χ0v) is 15.2. The summed E-state index contributed by atoms with van der Waals surface area (Å²) < 4.78 is 10.6. The molecular weight excluding hydrogens is 336 g/mol. The summed E-state index contributed by atoms with van der Waals surface area (Å²) in [5.74, 6) is 1.23. The number of ether oxygens (including phenoxy) is 2. The molecule has 4 nitrogen and oxygen atoms in total. The Morgan fingerprint density at radius 3 is 2.24 bits per heavy atom. The van der Waals surface area contributed by atoms with Crippen LogP contribution in [0.4, 0.5) is 0 Å². The van der Waals surface area contributed by atoms with Gasteiger partial charge in [0.1, 0.15) is 0 Å². The largest absolute Gasteiger partial charge is 0.481 e. The van der Waals surface area contributed by atoms with E-state index < -0.39 is 0 Å². The van der Waals surface area contributed by atoms with Gasteiger partial charge < -0.3 is 9.47 Å².